The summed E-state index contributed by atoms with van der Waals surface area (Å²) in [5.41, 5.74) is 2.87. The third-order valence-electron chi connectivity index (χ3n) is 3.40. The van der Waals surface area contributed by atoms with E-state index in [1.54, 1.807) is 0 Å². The van der Waals surface area contributed by atoms with E-state index in [1.165, 1.54) is 0 Å². The number of carbonyl (C=O) groups excluding carboxylic acids is 1. The smallest absolute Gasteiger partial charge is 0.326 e. The summed E-state index contributed by atoms with van der Waals surface area (Å²) < 4.78 is 0. The monoisotopic (exact) mass is 297 g/mol. The zero-order valence-electron chi connectivity index (χ0n) is 12.5. The minimum Gasteiger partial charge on any atom is -0.480 e. The predicted molar refractivity (Wildman–Crippen MR) is 84.6 cm³/mol. The second-order valence-corrected chi connectivity index (χ2v) is 5.31. The summed E-state index contributed by atoms with van der Waals surface area (Å²) in [4.78, 5) is 23.3. The second kappa shape index (κ2) is 7.41. The summed E-state index contributed by atoms with van der Waals surface area (Å²) in [6.07, 6.45) is 0.453. The van der Waals surface area contributed by atoms with Crippen molar-refractivity contribution in [3.8, 4) is 0 Å². The fourth-order valence-corrected chi connectivity index (χ4v) is 2.19. The van der Waals surface area contributed by atoms with Gasteiger partial charge < -0.3 is 10.4 Å². The zero-order valence-corrected chi connectivity index (χ0v) is 12.5. The molecule has 0 aliphatic rings. The number of hydrogen-bond donors (Lipinski definition) is 2. The van der Waals surface area contributed by atoms with Crippen LogP contribution >= 0.6 is 0 Å². The molecule has 0 saturated heterocycles. The molecule has 0 radical (unpaired) electrons. The van der Waals surface area contributed by atoms with E-state index in [2.05, 4.69) is 5.32 Å². The molecule has 0 saturated carbocycles. The fourth-order valence-electron chi connectivity index (χ4n) is 2.19. The van der Waals surface area contributed by atoms with E-state index in [4.69, 9.17) is 0 Å². The maximum Gasteiger partial charge on any atom is 0.326 e. The van der Waals surface area contributed by atoms with E-state index in [1.807, 2.05) is 61.5 Å². The molecule has 0 aliphatic carbocycles. The Bertz CT molecular complexity index is 635. The largest absolute Gasteiger partial charge is 0.480 e. The molecule has 0 aliphatic heterocycles. The van der Waals surface area contributed by atoms with E-state index >= 15 is 0 Å². The van der Waals surface area contributed by atoms with Gasteiger partial charge in [0.15, 0.2) is 0 Å². The topological polar surface area (TPSA) is 66.4 Å². The second-order valence-electron chi connectivity index (χ2n) is 5.31. The molecule has 22 heavy (non-hydrogen) atoms. The Morgan fingerprint density at radius 3 is 2.23 bits per heavy atom. The highest BCUT2D eigenvalue weighted by molar-refractivity contribution is 5.85. The van der Waals surface area contributed by atoms with Crippen molar-refractivity contribution in [1.82, 2.24) is 5.32 Å². The van der Waals surface area contributed by atoms with Gasteiger partial charge in [0, 0.05) is 6.42 Å². The van der Waals surface area contributed by atoms with Crippen LogP contribution in [0.5, 0.6) is 0 Å². The third-order valence-corrected chi connectivity index (χ3v) is 3.40. The highest BCUT2D eigenvalue weighted by Gasteiger charge is 2.20. The van der Waals surface area contributed by atoms with Crippen LogP contribution in [0.15, 0.2) is 54.6 Å². The highest BCUT2D eigenvalue weighted by Crippen LogP contribution is 2.06. The van der Waals surface area contributed by atoms with Crippen LogP contribution in [0.3, 0.4) is 0 Å². The van der Waals surface area contributed by atoms with Gasteiger partial charge >= 0.3 is 5.97 Å². The van der Waals surface area contributed by atoms with E-state index in [9.17, 15) is 14.7 Å². The molecule has 2 rings (SSSR count). The van der Waals surface area contributed by atoms with Gasteiger partial charge in [-0.15, -0.1) is 0 Å². The van der Waals surface area contributed by atoms with E-state index in [0.717, 1.165) is 16.7 Å². The number of nitrogens with one attached hydrogen (secondary N) is 1. The van der Waals surface area contributed by atoms with Crippen LogP contribution in [0.4, 0.5) is 0 Å². The number of benzene rings is 2. The Labute approximate surface area is 129 Å². The van der Waals surface area contributed by atoms with Crippen molar-refractivity contribution in [1.29, 1.82) is 0 Å². The minimum atomic E-state index is -1.03. The van der Waals surface area contributed by atoms with Crippen LogP contribution in [0.25, 0.3) is 0 Å². The van der Waals surface area contributed by atoms with Crippen molar-refractivity contribution in [2.45, 2.75) is 25.8 Å². The quantitative estimate of drug-likeness (QED) is 0.860. The predicted octanol–water partition coefficient (Wildman–Crippen LogP) is 2.35. The Balaban J connectivity index is 1.97. The molecular formula is C18H19NO3. The molecule has 114 valence electrons. The number of aliphatic carboxylic acids is 1. The summed E-state index contributed by atoms with van der Waals surface area (Å²) in [7, 11) is 0. The lowest BCUT2D eigenvalue weighted by Crippen LogP contribution is -2.43. The van der Waals surface area contributed by atoms with Crippen molar-refractivity contribution in [2.75, 3.05) is 0 Å². The number of carbonyl (C=O) groups is 2. The lowest BCUT2D eigenvalue weighted by Gasteiger charge is -2.14. The number of aryl methyl sites for hydroxylation is 1. The van der Waals surface area contributed by atoms with Gasteiger partial charge in [0.1, 0.15) is 6.04 Å². The molecule has 0 unspecified atom stereocenters. The highest BCUT2D eigenvalue weighted by atomic mass is 16.4. The van der Waals surface area contributed by atoms with Crippen LogP contribution in [-0.4, -0.2) is 23.0 Å². The molecule has 2 aromatic rings. The summed E-state index contributed by atoms with van der Waals surface area (Å²) in [5.74, 6) is -1.31. The lowest BCUT2D eigenvalue weighted by atomic mass is 10.1. The number of amides is 1. The normalized spacial score (nSPS) is 11.7. The SMILES string of the molecule is Cc1ccc(CC(=O)N[C@@H](Cc2ccccc2)C(=O)O)cc1. The first-order valence-corrected chi connectivity index (χ1v) is 7.16. The molecule has 2 N–H and O–H groups in total. The number of rotatable bonds is 6. The Morgan fingerprint density at radius 1 is 1.00 bits per heavy atom. The van der Waals surface area contributed by atoms with Crippen molar-refractivity contribution < 1.29 is 14.7 Å². The molecule has 0 fully saturated rings. The van der Waals surface area contributed by atoms with Crippen LogP contribution in [0.2, 0.25) is 0 Å². The number of carboxylic acids is 1. The maximum absolute atomic E-state index is 12.0. The van der Waals surface area contributed by atoms with E-state index < -0.39 is 12.0 Å². The first-order chi connectivity index (χ1) is 10.5. The molecule has 1 atom stereocenters. The first kappa shape index (κ1) is 15.8. The molecule has 0 aromatic heterocycles. The molecule has 0 heterocycles. The van der Waals surface area contributed by atoms with Crippen molar-refractivity contribution in [2.24, 2.45) is 0 Å². The van der Waals surface area contributed by atoms with Crippen molar-refractivity contribution >= 4 is 11.9 Å². The van der Waals surface area contributed by atoms with E-state index in [0.29, 0.717) is 0 Å². The van der Waals surface area contributed by atoms with Gasteiger partial charge in [-0.25, -0.2) is 4.79 Å². The molecule has 2 aromatic carbocycles. The lowest BCUT2D eigenvalue weighted by molar-refractivity contribution is -0.141. The summed E-state index contributed by atoms with van der Waals surface area (Å²) >= 11 is 0. The number of hydrogen-bond acceptors (Lipinski definition) is 2. The van der Waals surface area contributed by atoms with Gasteiger partial charge in [0.05, 0.1) is 6.42 Å². The maximum atomic E-state index is 12.0. The first-order valence-electron chi connectivity index (χ1n) is 7.16. The van der Waals surface area contributed by atoms with Crippen LogP contribution in [0, 0.1) is 6.92 Å². The Kier molecular flexibility index (Phi) is 5.31. The average molecular weight is 297 g/mol. The fraction of sp³-hybridized carbons (Fsp3) is 0.222. The van der Waals surface area contributed by atoms with Gasteiger partial charge in [0.25, 0.3) is 0 Å². The van der Waals surface area contributed by atoms with Gasteiger partial charge in [0.2, 0.25) is 5.91 Å². The molecule has 1 amide bonds. The Hall–Kier alpha value is -2.62. The molecule has 0 spiro atoms. The van der Waals surface area contributed by atoms with Crippen molar-refractivity contribution in [3.63, 3.8) is 0 Å². The molecule has 0 bridgehead atoms. The van der Waals surface area contributed by atoms with E-state index in [-0.39, 0.29) is 18.7 Å². The number of carboxylic acid groups (broad SMARTS) is 1. The molecule has 4 nitrogen and oxygen atoms in total. The van der Waals surface area contributed by atoms with Gasteiger partial charge in [-0.2, -0.15) is 0 Å². The van der Waals surface area contributed by atoms with Crippen LogP contribution in [-0.2, 0) is 22.4 Å². The zero-order chi connectivity index (χ0) is 15.9. The van der Waals surface area contributed by atoms with Crippen LogP contribution in [0.1, 0.15) is 16.7 Å². The van der Waals surface area contributed by atoms with Gasteiger partial charge in [-0.1, -0.05) is 60.2 Å². The van der Waals surface area contributed by atoms with Crippen LogP contribution < -0.4 is 5.32 Å². The molecule has 4 heteroatoms. The standard InChI is InChI=1S/C18H19NO3/c1-13-7-9-15(10-8-13)12-17(20)19-16(18(21)22)11-14-5-3-2-4-6-14/h2-10,16H,11-12H2,1H3,(H,19,20)(H,21,22)/t16-/m0/s1. The van der Waals surface area contributed by atoms with Gasteiger partial charge in [-0.3, -0.25) is 4.79 Å². The Morgan fingerprint density at radius 2 is 1.64 bits per heavy atom. The average Bonchev–Trinajstić information content (AvgIpc) is 2.50. The minimum absolute atomic E-state index is 0.179. The third kappa shape index (κ3) is 4.74. The summed E-state index contributed by atoms with van der Waals surface area (Å²) in [5, 5.41) is 11.9. The molecular weight excluding hydrogens is 278 g/mol. The summed E-state index contributed by atoms with van der Waals surface area (Å²) in [6, 6.07) is 16.0. The van der Waals surface area contributed by atoms with Gasteiger partial charge in [-0.05, 0) is 18.1 Å². The summed E-state index contributed by atoms with van der Waals surface area (Å²) in [6.45, 7) is 1.98. The van der Waals surface area contributed by atoms with Crippen molar-refractivity contribution in [3.05, 3.63) is 71.3 Å².